The van der Waals surface area contributed by atoms with E-state index in [1.165, 1.54) is 0 Å². The van der Waals surface area contributed by atoms with E-state index in [0.29, 0.717) is 5.75 Å². The predicted molar refractivity (Wildman–Crippen MR) is 70.9 cm³/mol. The van der Waals surface area contributed by atoms with Crippen LogP contribution in [0.5, 0.6) is 5.75 Å². The van der Waals surface area contributed by atoms with Gasteiger partial charge in [0.25, 0.3) is 0 Å². The van der Waals surface area contributed by atoms with E-state index in [1.54, 1.807) is 12.1 Å². The maximum atomic E-state index is 11.3. The van der Waals surface area contributed by atoms with Crippen molar-refractivity contribution in [3.05, 3.63) is 28.7 Å². The lowest BCUT2D eigenvalue weighted by molar-refractivity contribution is -0.146. The first kappa shape index (κ1) is 15.5. The molecule has 104 valence electrons. The molecular formula is C12H14BrNO5. The summed E-state index contributed by atoms with van der Waals surface area (Å²) in [5, 5.41) is 19.7. The molecule has 0 aliphatic rings. The van der Waals surface area contributed by atoms with Crippen molar-refractivity contribution >= 4 is 27.8 Å². The number of halogens is 1. The van der Waals surface area contributed by atoms with Gasteiger partial charge in [-0.05, 0) is 18.2 Å². The zero-order chi connectivity index (χ0) is 14.3. The minimum Gasteiger partial charge on any atom is -0.493 e. The number of hydrogen-bond acceptors (Lipinski definition) is 4. The molecule has 0 aliphatic heterocycles. The fraction of sp³-hybridized carbons (Fsp3) is 0.333. The Hall–Kier alpha value is -1.60. The number of aliphatic carboxylic acids is 1. The Morgan fingerprint density at radius 2 is 2.16 bits per heavy atom. The van der Waals surface area contributed by atoms with Crippen LogP contribution < -0.4 is 10.1 Å². The maximum Gasteiger partial charge on any atom is 0.334 e. The predicted octanol–water partition coefficient (Wildman–Crippen LogP) is 0.780. The largest absolute Gasteiger partial charge is 0.493 e. The summed E-state index contributed by atoms with van der Waals surface area (Å²) in [7, 11) is 0. The van der Waals surface area contributed by atoms with Gasteiger partial charge in [0.05, 0.1) is 19.6 Å². The zero-order valence-corrected chi connectivity index (χ0v) is 11.6. The normalized spacial score (nSPS) is 11.7. The van der Waals surface area contributed by atoms with E-state index in [1.807, 2.05) is 12.1 Å². The average molecular weight is 332 g/mol. The highest BCUT2D eigenvalue weighted by Crippen LogP contribution is 2.17. The molecule has 3 N–H and O–H groups in total. The molecule has 0 spiro atoms. The third-order valence-corrected chi connectivity index (χ3v) is 2.66. The number of carbonyl (C=O) groups is 2. The highest BCUT2D eigenvalue weighted by atomic mass is 79.9. The number of benzene rings is 1. The Morgan fingerprint density at radius 3 is 2.79 bits per heavy atom. The summed E-state index contributed by atoms with van der Waals surface area (Å²) in [6.45, 7) is -0.142. The molecule has 0 saturated heterocycles. The molecule has 0 fully saturated rings. The van der Waals surface area contributed by atoms with Crippen LogP contribution in [0.4, 0.5) is 0 Å². The number of aliphatic hydroxyl groups is 1. The lowest BCUT2D eigenvalue weighted by atomic mass is 10.3. The summed E-state index contributed by atoms with van der Waals surface area (Å²) in [5.74, 6) is -1.12. The molecule has 1 atom stereocenters. The van der Waals surface area contributed by atoms with Crippen molar-refractivity contribution < 1.29 is 24.5 Å². The van der Waals surface area contributed by atoms with Gasteiger partial charge in [0, 0.05) is 4.47 Å². The Bertz CT molecular complexity index is 452. The molecule has 1 amide bonds. The fourth-order valence-electron chi connectivity index (χ4n) is 1.20. The first-order valence-electron chi connectivity index (χ1n) is 5.55. The van der Waals surface area contributed by atoms with E-state index in [9.17, 15) is 9.59 Å². The molecule has 1 aromatic carbocycles. The Kier molecular flexibility index (Phi) is 6.31. The molecule has 0 heterocycles. The van der Waals surface area contributed by atoms with Crippen LogP contribution in [0.15, 0.2) is 28.7 Å². The smallest absolute Gasteiger partial charge is 0.334 e. The molecule has 19 heavy (non-hydrogen) atoms. The van der Waals surface area contributed by atoms with Crippen molar-refractivity contribution in [2.24, 2.45) is 0 Å². The van der Waals surface area contributed by atoms with Crippen molar-refractivity contribution in [1.82, 2.24) is 5.32 Å². The van der Waals surface area contributed by atoms with Crippen molar-refractivity contribution in [3.63, 3.8) is 0 Å². The number of carboxylic acids is 1. The third-order valence-electron chi connectivity index (χ3n) is 2.17. The molecule has 1 aromatic rings. The molecule has 0 saturated carbocycles. The molecule has 0 aliphatic carbocycles. The van der Waals surface area contributed by atoms with E-state index in [4.69, 9.17) is 14.9 Å². The standard InChI is InChI=1S/C12H14BrNO5/c13-8-2-1-3-9(6-8)19-5-4-11(16)14-7-10(15)12(17)18/h1-3,6,10,15H,4-5,7H2,(H,14,16)(H,17,18). The van der Waals surface area contributed by atoms with Gasteiger partial charge < -0.3 is 20.3 Å². The average Bonchev–Trinajstić information content (AvgIpc) is 2.36. The monoisotopic (exact) mass is 331 g/mol. The van der Waals surface area contributed by atoms with Gasteiger partial charge in [-0.15, -0.1) is 0 Å². The number of carboxylic acid groups (broad SMARTS) is 1. The van der Waals surface area contributed by atoms with E-state index in [2.05, 4.69) is 21.2 Å². The summed E-state index contributed by atoms with van der Waals surface area (Å²) in [5.41, 5.74) is 0. The van der Waals surface area contributed by atoms with Crippen LogP contribution in [0.2, 0.25) is 0 Å². The van der Waals surface area contributed by atoms with Crippen LogP contribution in [0, 0.1) is 0 Å². The summed E-state index contributed by atoms with van der Waals surface area (Å²) in [6, 6.07) is 7.19. The SMILES string of the molecule is O=C(CCOc1cccc(Br)c1)NCC(O)C(=O)O. The van der Waals surface area contributed by atoms with Crippen molar-refractivity contribution in [1.29, 1.82) is 0 Å². The number of carbonyl (C=O) groups excluding carboxylic acids is 1. The second-order valence-corrected chi connectivity index (χ2v) is 4.63. The van der Waals surface area contributed by atoms with Gasteiger partial charge in [0.1, 0.15) is 5.75 Å². The minimum absolute atomic E-state index is 0.0822. The van der Waals surface area contributed by atoms with Crippen LogP contribution >= 0.6 is 15.9 Å². The highest BCUT2D eigenvalue weighted by molar-refractivity contribution is 9.10. The number of hydrogen-bond donors (Lipinski definition) is 3. The van der Waals surface area contributed by atoms with Gasteiger partial charge in [-0.25, -0.2) is 4.79 Å². The van der Waals surface area contributed by atoms with Gasteiger partial charge in [-0.1, -0.05) is 22.0 Å². The number of rotatable bonds is 7. The highest BCUT2D eigenvalue weighted by Gasteiger charge is 2.13. The van der Waals surface area contributed by atoms with E-state index in [0.717, 1.165) is 4.47 Å². The molecule has 7 heteroatoms. The Labute approximate surface area is 118 Å². The maximum absolute atomic E-state index is 11.3. The summed E-state index contributed by atoms with van der Waals surface area (Å²) >= 11 is 3.29. The topological polar surface area (TPSA) is 95.9 Å². The second kappa shape index (κ2) is 7.75. The van der Waals surface area contributed by atoms with Crippen molar-refractivity contribution in [3.8, 4) is 5.75 Å². The van der Waals surface area contributed by atoms with E-state index < -0.39 is 12.1 Å². The number of aliphatic hydroxyl groups excluding tert-OH is 1. The minimum atomic E-state index is -1.59. The molecule has 6 nitrogen and oxygen atoms in total. The van der Waals surface area contributed by atoms with Crippen LogP contribution in [-0.2, 0) is 9.59 Å². The van der Waals surface area contributed by atoms with Gasteiger partial charge in [0.15, 0.2) is 6.10 Å². The molecule has 1 unspecified atom stereocenters. The van der Waals surface area contributed by atoms with Crippen LogP contribution in [0.1, 0.15) is 6.42 Å². The molecule has 0 aromatic heterocycles. The first-order chi connectivity index (χ1) is 8.99. The molecule has 0 bridgehead atoms. The zero-order valence-electron chi connectivity index (χ0n) is 10.0. The second-order valence-electron chi connectivity index (χ2n) is 3.71. The van der Waals surface area contributed by atoms with Gasteiger partial charge in [-0.2, -0.15) is 0 Å². The van der Waals surface area contributed by atoms with Crippen LogP contribution in [0.3, 0.4) is 0 Å². The van der Waals surface area contributed by atoms with Crippen LogP contribution in [0.25, 0.3) is 0 Å². The Balaban J connectivity index is 2.22. The van der Waals surface area contributed by atoms with Crippen molar-refractivity contribution in [2.45, 2.75) is 12.5 Å². The summed E-state index contributed by atoms with van der Waals surface area (Å²) < 4.78 is 6.22. The van der Waals surface area contributed by atoms with E-state index >= 15 is 0 Å². The van der Waals surface area contributed by atoms with Crippen molar-refractivity contribution in [2.75, 3.05) is 13.2 Å². The van der Waals surface area contributed by atoms with Gasteiger partial charge >= 0.3 is 5.97 Å². The van der Waals surface area contributed by atoms with Crippen LogP contribution in [-0.4, -0.2) is 41.3 Å². The number of nitrogens with one attached hydrogen (secondary N) is 1. The first-order valence-corrected chi connectivity index (χ1v) is 6.34. The lowest BCUT2D eigenvalue weighted by Gasteiger charge is -2.09. The molecular weight excluding hydrogens is 318 g/mol. The fourth-order valence-corrected chi connectivity index (χ4v) is 1.58. The Morgan fingerprint density at radius 1 is 1.42 bits per heavy atom. The number of ether oxygens (including phenoxy) is 1. The van der Waals surface area contributed by atoms with Gasteiger partial charge in [0.2, 0.25) is 5.91 Å². The number of amides is 1. The summed E-state index contributed by atoms with van der Waals surface area (Å²) in [6.07, 6.45) is -1.51. The summed E-state index contributed by atoms with van der Waals surface area (Å²) in [4.78, 5) is 21.6. The molecule has 1 rings (SSSR count). The van der Waals surface area contributed by atoms with Gasteiger partial charge in [-0.3, -0.25) is 4.79 Å². The third kappa shape index (κ3) is 6.21. The quantitative estimate of drug-likeness (QED) is 0.686. The van der Waals surface area contributed by atoms with E-state index in [-0.39, 0.29) is 25.5 Å². The lowest BCUT2D eigenvalue weighted by Crippen LogP contribution is -2.36. The molecule has 0 radical (unpaired) electrons.